The quantitative estimate of drug-likeness (QED) is 0.112. The molecule has 11 N–H and O–H groups in total. The summed E-state index contributed by atoms with van der Waals surface area (Å²) in [6, 6.07) is -5.79. The Kier molecular flexibility index (Phi) is 12.1. The van der Waals surface area contributed by atoms with Gasteiger partial charge in [0.25, 0.3) is 0 Å². The van der Waals surface area contributed by atoms with Gasteiger partial charge in [0.2, 0.25) is 29.5 Å². The third-order valence-corrected chi connectivity index (χ3v) is 4.30. The Morgan fingerprint density at radius 2 is 1.45 bits per heavy atom. The number of nitrogens with one attached hydrogen (secondary N) is 3. The molecule has 0 aromatic heterocycles. The van der Waals surface area contributed by atoms with Crippen LogP contribution in [0.3, 0.4) is 0 Å². The normalized spacial score (nSPS) is 15.5. The fourth-order valence-corrected chi connectivity index (χ4v) is 2.47. The van der Waals surface area contributed by atoms with Gasteiger partial charge < -0.3 is 43.4 Å². The van der Waals surface area contributed by atoms with E-state index in [9.17, 15) is 33.9 Å². The molecule has 0 heterocycles. The summed E-state index contributed by atoms with van der Waals surface area (Å²) in [6.07, 6.45) is -2.43. The number of carbonyl (C=O) groups excluding carboxylic acids is 5. The third-order valence-electron chi connectivity index (χ3n) is 3.94. The first-order valence-corrected chi connectivity index (χ1v) is 9.68. The van der Waals surface area contributed by atoms with Crippen molar-refractivity contribution in [3.05, 3.63) is 0 Å². The van der Waals surface area contributed by atoms with Gasteiger partial charge in [0, 0.05) is 12.2 Å². The molecule has 0 saturated heterocycles. The van der Waals surface area contributed by atoms with E-state index < -0.39 is 72.2 Å². The van der Waals surface area contributed by atoms with Crippen molar-refractivity contribution in [3.63, 3.8) is 0 Å². The van der Waals surface area contributed by atoms with Crippen molar-refractivity contribution in [1.82, 2.24) is 16.0 Å². The molecule has 0 aromatic rings. The second-order valence-electron chi connectivity index (χ2n) is 6.65. The first-order chi connectivity index (χ1) is 14.3. The van der Waals surface area contributed by atoms with Crippen molar-refractivity contribution in [1.29, 1.82) is 0 Å². The summed E-state index contributed by atoms with van der Waals surface area (Å²) in [5.74, 6) is -6.32. The van der Waals surface area contributed by atoms with Crippen LogP contribution in [0.5, 0.6) is 0 Å². The molecule has 0 aliphatic carbocycles. The minimum Gasteiger partial charge on any atom is -0.480 e. The first-order valence-electron chi connectivity index (χ1n) is 9.05. The minimum absolute atomic E-state index is 0.109. The van der Waals surface area contributed by atoms with Gasteiger partial charge in [-0.15, -0.1) is 0 Å². The lowest BCUT2D eigenvalue weighted by molar-refractivity contribution is -0.142. The van der Waals surface area contributed by atoms with Crippen LogP contribution in [0, 0.1) is 0 Å². The molecular formula is C16H28N6O8S. The number of carboxylic acids is 1. The van der Waals surface area contributed by atoms with Crippen LogP contribution in [-0.4, -0.2) is 81.7 Å². The average molecular weight is 465 g/mol. The molecule has 0 radical (unpaired) electrons. The lowest BCUT2D eigenvalue weighted by atomic mass is 10.1. The number of carbonyl (C=O) groups is 6. The van der Waals surface area contributed by atoms with Gasteiger partial charge in [-0.05, 0) is 13.3 Å². The van der Waals surface area contributed by atoms with Gasteiger partial charge in [-0.1, -0.05) is 0 Å². The summed E-state index contributed by atoms with van der Waals surface area (Å²) in [7, 11) is 0. The zero-order chi connectivity index (χ0) is 24.3. The van der Waals surface area contributed by atoms with E-state index in [0.29, 0.717) is 0 Å². The Hall–Kier alpha value is -2.91. The van der Waals surface area contributed by atoms with Gasteiger partial charge in [-0.2, -0.15) is 12.6 Å². The SMILES string of the molecule is CC(O)C(NC(=O)C(N)CCC(N)=O)C(=O)NC(CC(N)=O)C(=O)NC(CS)C(=O)O. The fourth-order valence-electron chi connectivity index (χ4n) is 2.22. The molecule has 5 atom stereocenters. The summed E-state index contributed by atoms with van der Waals surface area (Å²) in [5.41, 5.74) is 15.7. The highest BCUT2D eigenvalue weighted by atomic mass is 32.1. The lowest BCUT2D eigenvalue weighted by Crippen LogP contribution is -2.60. The number of aliphatic carboxylic acids is 1. The van der Waals surface area contributed by atoms with E-state index in [4.69, 9.17) is 22.3 Å². The molecule has 14 nitrogen and oxygen atoms in total. The Balaban J connectivity index is 5.33. The highest BCUT2D eigenvalue weighted by molar-refractivity contribution is 7.80. The Bertz CT molecular complexity index is 704. The van der Waals surface area contributed by atoms with E-state index in [0.717, 1.165) is 0 Å². The second-order valence-corrected chi connectivity index (χ2v) is 7.02. The van der Waals surface area contributed by atoms with Crippen LogP contribution in [0.15, 0.2) is 0 Å². The van der Waals surface area contributed by atoms with Crippen LogP contribution in [0.25, 0.3) is 0 Å². The largest absolute Gasteiger partial charge is 0.480 e. The maximum atomic E-state index is 12.5. The molecule has 0 rings (SSSR count). The number of hydrogen-bond acceptors (Lipinski definition) is 9. The van der Waals surface area contributed by atoms with Crippen LogP contribution in [0.1, 0.15) is 26.2 Å². The zero-order valence-corrected chi connectivity index (χ0v) is 17.6. The molecule has 0 fully saturated rings. The predicted molar refractivity (Wildman–Crippen MR) is 109 cm³/mol. The summed E-state index contributed by atoms with van der Waals surface area (Å²) in [4.78, 5) is 70.1. The lowest BCUT2D eigenvalue weighted by Gasteiger charge is -2.25. The Morgan fingerprint density at radius 1 is 0.903 bits per heavy atom. The number of rotatable bonds is 14. The molecule has 31 heavy (non-hydrogen) atoms. The highest BCUT2D eigenvalue weighted by Crippen LogP contribution is 2.02. The number of primary amides is 2. The summed E-state index contributed by atoms with van der Waals surface area (Å²) >= 11 is 3.79. The van der Waals surface area contributed by atoms with Crippen molar-refractivity contribution < 1.29 is 39.0 Å². The fraction of sp³-hybridized carbons (Fsp3) is 0.625. The second kappa shape index (κ2) is 13.4. The smallest absolute Gasteiger partial charge is 0.327 e. The predicted octanol–water partition coefficient (Wildman–Crippen LogP) is -4.70. The van der Waals surface area contributed by atoms with Gasteiger partial charge in [-0.25, -0.2) is 4.79 Å². The van der Waals surface area contributed by atoms with Crippen molar-refractivity contribution in [2.75, 3.05) is 5.75 Å². The molecule has 0 aromatic carbocycles. The minimum atomic E-state index is -1.59. The number of aliphatic hydroxyl groups excluding tert-OH is 1. The van der Waals surface area contributed by atoms with Crippen LogP contribution >= 0.6 is 12.6 Å². The molecule has 0 saturated carbocycles. The number of amides is 5. The molecule has 0 spiro atoms. The molecule has 5 amide bonds. The molecular weight excluding hydrogens is 436 g/mol. The number of thiol groups is 1. The summed E-state index contributed by atoms with van der Waals surface area (Å²) in [6.45, 7) is 1.17. The van der Waals surface area contributed by atoms with Crippen molar-refractivity contribution in [3.8, 4) is 0 Å². The maximum Gasteiger partial charge on any atom is 0.327 e. The standard InChI is InChI=1S/C16H28N6O8S/c1-6(23)12(22-13(26)7(17)2-3-10(18)24)15(28)20-8(4-11(19)25)14(27)21-9(5-31)16(29)30/h6-9,12,23,31H,2-5,17H2,1H3,(H2,18,24)(H2,19,25)(H,20,28)(H,21,27)(H,22,26)(H,29,30). The zero-order valence-electron chi connectivity index (χ0n) is 16.7. The molecule has 176 valence electrons. The number of aliphatic hydroxyl groups is 1. The topological polar surface area (TPSA) is 257 Å². The number of nitrogens with two attached hydrogens (primary N) is 3. The van der Waals surface area contributed by atoms with E-state index in [1.165, 1.54) is 6.92 Å². The van der Waals surface area contributed by atoms with Gasteiger partial charge in [0.1, 0.15) is 18.1 Å². The summed E-state index contributed by atoms with van der Waals surface area (Å²) < 4.78 is 0. The highest BCUT2D eigenvalue weighted by Gasteiger charge is 2.32. The van der Waals surface area contributed by atoms with E-state index in [1.54, 1.807) is 0 Å². The Morgan fingerprint density at radius 3 is 1.87 bits per heavy atom. The van der Waals surface area contributed by atoms with Gasteiger partial charge in [0.15, 0.2) is 0 Å². The van der Waals surface area contributed by atoms with E-state index in [-0.39, 0.29) is 18.6 Å². The van der Waals surface area contributed by atoms with E-state index in [2.05, 4.69) is 28.6 Å². The monoisotopic (exact) mass is 464 g/mol. The third kappa shape index (κ3) is 10.6. The van der Waals surface area contributed by atoms with Crippen LogP contribution in [-0.2, 0) is 28.8 Å². The van der Waals surface area contributed by atoms with E-state index >= 15 is 0 Å². The molecule has 0 bridgehead atoms. The molecule has 5 unspecified atom stereocenters. The average Bonchev–Trinajstić information content (AvgIpc) is 2.66. The van der Waals surface area contributed by atoms with Crippen LogP contribution in [0.4, 0.5) is 0 Å². The van der Waals surface area contributed by atoms with Crippen LogP contribution < -0.4 is 33.2 Å². The Labute approximate surface area is 183 Å². The van der Waals surface area contributed by atoms with Crippen molar-refractivity contribution >= 4 is 48.1 Å². The number of carboxylic acid groups (broad SMARTS) is 1. The molecule has 0 aliphatic heterocycles. The number of hydrogen-bond donors (Lipinski definition) is 9. The maximum absolute atomic E-state index is 12.5. The van der Waals surface area contributed by atoms with Gasteiger partial charge >= 0.3 is 5.97 Å². The summed E-state index contributed by atoms with van der Waals surface area (Å²) in [5, 5.41) is 25.2. The van der Waals surface area contributed by atoms with Crippen molar-refractivity contribution in [2.24, 2.45) is 17.2 Å². The van der Waals surface area contributed by atoms with Gasteiger partial charge in [0.05, 0.1) is 18.6 Å². The van der Waals surface area contributed by atoms with E-state index in [1.807, 2.05) is 0 Å². The molecule has 0 aliphatic rings. The van der Waals surface area contributed by atoms with Crippen LogP contribution in [0.2, 0.25) is 0 Å². The first kappa shape index (κ1) is 28.1. The van der Waals surface area contributed by atoms with Gasteiger partial charge in [-0.3, -0.25) is 24.0 Å². The molecule has 15 heteroatoms. The van der Waals surface area contributed by atoms with Crippen molar-refractivity contribution in [2.45, 2.75) is 56.5 Å².